The molecule has 0 aliphatic carbocycles. The summed E-state index contributed by atoms with van der Waals surface area (Å²) in [6.45, 7) is 6.63. The zero-order valence-electron chi connectivity index (χ0n) is 14.1. The van der Waals surface area contributed by atoms with E-state index in [1.165, 1.54) is 22.5 Å². The fourth-order valence-electron chi connectivity index (χ4n) is 2.88. The molecule has 24 heavy (non-hydrogen) atoms. The lowest BCUT2D eigenvalue weighted by molar-refractivity contribution is 0.0737. The Morgan fingerprint density at radius 2 is 1.67 bits per heavy atom. The molecule has 0 atom stereocenters. The standard InChI is InChI=1S/C18H22N4O2/c1-14(2)22-17(23)9-8-16(19-22)18(24)21-12-10-20(11-13-21)15-6-4-3-5-7-15/h3-9,14H,10-13H2,1-2H3. The van der Waals surface area contributed by atoms with E-state index in [0.717, 1.165) is 13.1 Å². The molecule has 1 saturated heterocycles. The van der Waals surface area contributed by atoms with E-state index in [-0.39, 0.29) is 17.5 Å². The SMILES string of the molecule is CC(C)n1nc(C(=O)N2CCN(c3ccccc3)CC2)ccc1=O. The van der Waals surface area contributed by atoms with Gasteiger partial charge in [-0.05, 0) is 32.0 Å². The van der Waals surface area contributed by atoms with Gasteiger partial charge in [0.15, 0.2) is 0 Å². The lowest BCUT2D eigenvalue weighted by atomic mass is 10.2. The summed E-state index contributed by atoms with van der Waals surface area (Å²) in [5, 5.41) is 4.22. The van der Waals surface area contributed by atoms with Crippen LogP contribution >= 0.6 is 0 Å². The molecule has 6 heteroatoms. The highest BCUT2D eigenvalue weighted by atomic mass is 16.2. The molecule has 1 fully saturated rings. The van der Waals surface area contributed by atoms with Crippen LogP contribution in [-0.4, -0.2) is 46.8 Å². The molecule has 1 aromatic heterocycles. The molecule has 3 rings (SSSR count). The largest absolute Gasteiger partial charge is 0.368 e. The summed E-state index contributed by atoms with van der Waals surface area (Å²) in [6, 6.07) is 13.1. The van der Waals surface area contributed by atoms with Crippen molar-refractivity contribution in [1.29, 1.82) is 0 Å². The summed E-state index contributed by atoms with van der Waals surface area (Å²) in [5.41, 5.74) is 1.32. The number of carbonyl (C=O) groups is 1. The lowest BCUT2D eigenvalue weighted by Gasteiger charge is -2.36. The molecule has 2 aromatic rings. The summed E-state index contributed by atoms with van der Waals surface area (Å²) >= 11 is 0. The average molecular weight is 326 g/mol. The Hall–Kier alpha value is -2.63. The van der Waals surface area contributed by atoms with Crippen LogP contribution in [0.2, 0.25) is 0 Å². The van der Waals surface area contributed by atoms with E-state index in [0.29, 0.717) is 18.8 Å². The van der Waals surface area contributed by atoms with Gasteiger partial charge in [0.2, 0.25) is 0 Å². The van der Waals surface area contributed by atoms with Gasteiger partial charge in [-0.1, -0.05) is 18.2 Å². The summed E-state index contributed by atoms with van der Waals surface area (Å²) in [5.74, 6) is -0.114. The predicted molar refractivity (Wildman–Crippen MR) is 93.4 cm³/mol. The quantitative estimate of drug-likeness (QED) is 0.863. The van der Waals surface area contributed by atoms with Crippen molar-refractivity contribution >= 4 is 11.6 Å². The molecule has 0 N–H and O–H groups in total. The highest BCUT2D eigenvalue weighted by molar-refractivity contribution is 5.92. The number of amides is 1. The molecule has 1 aromatic carbocycles. The third-order valence-electron chi connectivity index (χ3n) is 4.22. The van der Waals surface area contributed by atoms with E-state index >= 15 is 0 Å². The van der Waals surface area contributed by atoms with Crippen LogP contribution in [0.15, 0.2) is 47.3 Å². The van der Waals surface area contributed by atoms with Gasteiger partial charge in [0.05, 0.1) is 6.04 Å². The van der Waals surface area contributed by atoms with Crippen molar-refractivity contribution in [2.24, 2.45) is 0 Å². The zero-order chi connectivity index (χ0) is 17.1. The molecule has 1 amide bonds. The highest BCUT2D eigenvalue weighted by Gasteiger charge is 2.23. The second-order valence-corrected chi connectivity index (χ2v) is 6.21. The number of carbonyl (C=O) groups excluding carboxylic acids is 1. The summed E-state index contributed by atoms with van der Waals surface area (Å²) in [7, 11) is 0. The summed E-state index contributed by atoms with van der Waals surface area (Å²) < 4.78 is 1.35. The topological polar surface area (TPSA) is 58.4 Å². The van der Waals surface area contributed by atoms with E-state index < -0.39 is 0 Å². The first-order valence-corrected chi connectivity index (χ1v) is 8.25. The van der Waals surface area contributed by atoms with Crippen LogP contribution in [0.5, 0.6) is 0 Å². The minimum absolute atomic E-state index is 0.0693. The van der Waals surface area contributed by atoms with Crippen molar-refractivity contribution in [2.75, 3.05) is 31.1 Å². The number of benzene rings is 1. The van der Waals surface area contributed by atoms with Gasteiger partial charge in [-0.2, -0.15) is 5.10 Å². The molecule has 0 radical (unpaired) electrons. The van der Waals surface area contributed by atoms with Gasteiger partial charge in [-0.15, -0.1) is 0 Å². The van der Waals surface area contributed by atoms with Gasteiger partial charge in [0.1, 0.15) is 5.69 Å². The first kappa shape index (κ1) is 16.2. The molecule has 2 heterocycles. The molecule has 0 saturated carbocycles. The van der Waals surface area contributed by atoms with Crippen LogP contribution in [0.4, 0.5) is 5.69 Å². The Balaban J connectivity index is 1.69. The van der Waals surface area contributed by atoms with Gasteiger partial charge < -0.3 is 9.80 Å². The van der Waals surface area contributed by atoms with Crippen molar-refractivity contribution in [1.82, 2.24) is 14.7 Å². The molecular formula is C18H22N4O2. The van der Waals surface area contributed by atoms with Crippen LogP contribution in [0.1, 0.15) is 30.4 Å². The predicted octanol–water partition coefficient (Wildman–Crippen LogP) is 1.79. The van der Waals surface area contributed by atoms with Crippen molar-refractivity contribution in [3.63, 3.8) is 0 Å². The van der Waals surface area contributed by atoms with Crippen LogP contribution < -0.4 is 10.5 Å². The van der Waals surface area contributed by atoms with Gasteiger partial charge in [-0.25, -0.2) is 4.68 Å². The van der Waals surface area contributed by atoms with E-state index in [2.05, 4.69) is 22.1 Å². The summed E-state index contributed by atoms with van der Waals surface area (Å²) in [6.07, 6.45) is 0. The molecule has 0 bridgehead atoms. The number of hydrogen-bond acceptors (Lipinski definition) is 4. The van der Waals surface area contributed by atoms with Crippen LogP contribution in [0, 0.1) is 0 Å². The molecule has 0 unspecified atom stereocenters. The Labute approximate surface area is 141 Å². The fraction of sp³-hybridized carbons (Fsp3) is 0.389. The maximum Gasteiger partial charge on any atom is 0.274 e. The van der Waals surface area contributed by atoms with Gasteiger partial charge in [-0.3, -0.25) is 9.59 Å². The normalized spacial score (nSPS) is 15.0. The smallest absolute Gasteiger partial charge is 0.274 e. The maximum atomic E-state index is 12.7. The van der Waals surface area contributed by atoms with E-state index in [1.54, 1.807) is 4.90 Å². The molecule has 6 nitrogen and oxygen atoms in total. The zero-order valence-corrected chi connectivity index (χ0v) is 14.1. The third-order valence-corrected chi connectivity index (χ3v) is 4.22. The second kappa shape index (κ2) is 6.86. The monoisotopic (exact) mass is 326 g/mol. The number of para-hydroxylation sites is 1. The number of aromatic nitrogens is 2. The Kier molecular flexibility index (Phi) is 4.64. The molecule has 0 spiro atoms. The average Bonchev–Trinajstić information content (AvgIpc) is 2.62. The Bertz CT molecular complexity index is 762. The number of anilines is 1. The number of rotatable bonds is 3. The summed E-state index contributed by atoms with van der Waals surface area (Å²) in [4.78, 5) is 28.5. The van der Waals surface area contributed by atoms with E-state index in [4.69, 9.17) is 0 Å². The minimum Gasteiger partial charge on any atom is -0.368 e. The lowest BCUT2D eigenvalue weighted by Crippen LogP contribution is -2.49. The van der Waals surface area contributed by atoms with E-state index in [9.17, 15) is 9.59 Å². The maximum absolute atomic E-state index is 12.7. The van der Waals surface area contributed by atoms with E-state index in [1.807, 2.05) is 32.0 Å². The number of piperazine rings is 1. The fourth-order valence-corrected chi connectivity index (χ4v) is 2.88. The Morgan fingerprint density at radius 1 is 1.00 bits per heavy atom. The second-order valence-electron chi connectivity index (χ2n) is 6.21. The van der Waals surface area contributed by atoms with Gasteiger partial charge in [0, 0.05) is 37.9 Å². The van der Waals surface area contributed by atoms with Crippen molar-refractivity contribution in [2.45, 2.75) is 19.9 Å². The third kappa shape index (κ3) is 3.32. The molecular weight excluding hydrogens is 304 g/mol. The van der Waals surface area contributed by atoms with Crippen LogP contribution in [-0.2, 0) is 0 Å². The molecule has 126 valence electrons. The van der Waals surface area contributed by atoms with Crippen LogP contribution in [0.3, 0.4) is 0 Å². The highest BCUT2D eigenvalue weighted by Crippen LogP contribution is 2.16. The van der Waals surface area contributed by atoms with Gasteiger partial charge in [0.25, 0.3) is 11.5 Å². The number of hydrogen-bond donors (Lipinski definition) is 0. The molecule has 1 aliphatic heterocycles. The first-order chi connectivity index (χ1) is 11.6. The first-order valence-electron chi connectivity index (χ1n) is 8.25. The molecule has 1 aliphatic rings. The van der Waals surface area contributed by atoms with Crippen LogP contribution in [0.25, 0.3) is 0 Å². The minimum atomic E-state index is -0.185. The Morgan fingerprint density at radius 3 is 2.29 bits per heavy atom. The van der Waals surface area contributed by atoms with Crippen molar-refractivity contribution in [3.8, 4) is 0 Å². The number of nitrogens with zero attached hydrogens (tertiary/aromatic N) is 4. The van der Waals surface area contributed by atoms with Crippen molar-refractivity contribution in [3.05, 3.63) is 58.5 Å². The van der Waals surface area contributed by atoms with Crippen molar-refractivity contribution < 1.29 is 4.79 Å². The van der Waals surface area contributed by atoms with Gasteiger partial charge >= 0.3 is 0 Å².